The Morgan fingerprint density at radius 3 is 2.77 bits per heavy atom. The van der Waals surface area contributed by atoms with Gasteiger partial charge in [0.1, 0.15) is 0 Å². The molecule has 0 bridgehead atoms. The van der Waals surface area contributed by atoms with Crippen molar-refractivity contribution < 1.29 is 5.11 Å². The van der Waals surface area contributed by atoms with Gasteiger partial charge >= 0.3 is 0 Å². The number of H-pyrrole nitrogens is 1. The number of rotatable bonds is 1. The summed E-state index contributed by atoms with van der Waals surface area (Å²) in [6.07, 6.45) is 0. The number of halogens is 1. The fraction of sp³-hybridized carbons (Fsp3) is 0.125. The van der Waals surface area contributed by atoms with Gasteiger partial charge in [-0.15, -0.1) is 11.3 Å². The largest absolute Gasteiger partial charge is 0.492 e. The van der Waals surface area contributed by atoms with Crippen LogP contribution in [0.15, 0.2) is 15.9 Å². The first-order valence-electron chi connectivity index (χ1n) is 3.68. The summed E-state index contributed by atoms with van der Waals surface area (Å²) in [6.45, 7) is 1.79. The topological polar surface area (TPSA) is 48.9 Å². The SMILES string of the molecule is Cc1[nH]c(-c2ccc(Br)s2)nc1O. The van der Waals surface area contributed by atoms with Crippen LogP contribution in [-0.2, 0) is 0 Å². The summed E-state index contributed by atoms with van der Waals surface area (Å²) in [5.41, 5.74) is 0.694. The molecule has 2 rings (SSSR count). The Kier molecular flexibility index (Phi) is 2.13. The Morgan fingerprint density at radius 2 is 2.31 bits per heavy atom. The van der Waals surface area contributed by atoms with Gasteiger partial charge in [0, 0.05) is 0 Å². The zero-order chi connectivity index (χ0) is 9.42. The first-order valence-corrected chi connectivity index (χ1v) is 5.29. The van der Waals surface area contributed by atoms with Crippen LogP contribution in [0.1, 0.15) is 5.69 Å². The highest BCUT2D eigenvalue weighted by Gasteiger charge is 2.08. The van der Waals surface area contributed by atoms with Gasteiger partial charge in [0.2, 0.25) is 5.88 Å². The molecule has 68 valence electrons. The van der Waals surface area contributed by atoms with Crippen molar-refractivity contribution in [2.24, 2.45) is 0 Å². The maximum Gasteiger partial charge on any atom is 0.232 e. The number of hydrogen-bond acceptors (Lipinski definition) is 3. The highest BCUT2D eigenvalue weighted by Crippen LogP contribution is 2.30. The Labute approximate surface area is 87.6 Å². The molecule has 0 saturated carbocycles. The molecule has 2 N–H and O–H groups in total. The number of hydrogen-bond donors (Lipinski definition) is 2. The maximum atomic E-state index is 9.26. The smallest absolute Gasteiger partial charge is 0.232 e. The van der Waals surface area contributed by atoms with Gasteiger partial charge in [-0.1, -0.05) is 0 Å². The summed E-state index contributed by atoms with van der Waals surface area (Å²) in [4.78, 5) is 8.00. The first-order chi connectivity index (χ1) is 6.16. The number of aromatic hydroxyl groups is 1. The second kappa shape index (κ2) is 3.16. The molecule has 0 aliphatic heterocycles. The van der Waals surface area contributed by atoms with Crippen molar-refractivity contribution in [3.8, 4) is 16.6 Å². The molecule has 0 aliphatic rings. The number of aromatic nitrogens is 2. The van der Waals surface area contributed by atoms with E-state index in [1.807, 2.05) is 12.1 Å². The van der Waals surface area contributed by atoms with E-state index in [-0.39, 0.29) is 5.88 Å². The number of nitrogens with one attached hydrogen (secondary N) is 1. The van der Waals surface area contributed by atoms with E-state index in [9.17, 15) is 5.11 Å². The summed E-state index contributed by atoms with van der Waals surface area (Å²) in [5.74, 6) is 0.783. The fourth-order valence-corrected chi connectivity index (χ4v) is 2.34. The number of imidazole rings is 1. The molecule has 3 nitrogen and oxygen atoms in total. The summed E-state index contributed by atoms with van der Waals surface area (Å²) in [7, 11) is 0. The monoisotopic (exact) mass is 258 g/mol. The Hall–Kier alpha value is -0.810. The van der Waals surface area contributed by atoms with Crippen LogP contribution < -0.4 is 0 Å². The summed E-state index contributed by atoms with van der Waals surface area (Å²) in [6, 6.07) is 3.90. The van der Waals surface area contributed by atoms with E-state index < -0.39 is 0 Å². The maximum absolute atomic E-state index is 9.26. The standard InChI is InChI=1S/C8H7BrN2OS/c1-4-8(12)11-7(10-4)5-2-3-6(9)13-5/h2-3,12H,1H3,(H,10,11). The van der Waals surface area contributed by atoms with Crippen molar-refractivity contribution >= 4 is 27.3 Å². The Bertz CT molecular complexity index is 416. The normalized spacial score (nSPS) is 10.6. The molecule has 0 aromatic carbocycles. The van der Waals surface area contributed by atoms with Crippen LogP contribution in [0.4, 0.5) is 0 Å². The molecule has 0 fully saturated rings. The highest BCUT2D eigenvalue weighted by atomic mass is 79.9. The average molecular weight is 259 g/mol. The quantitative estimate of drug-likeness (QED) is 0.827. The lowest BCUT2D eigenvalue weighted by Gasteiger charge is -1.86. The van der Waals surface area contributed by atoms with Crippen molar-refractivity contribution in [2.45, 2.75) is 6.92 Å². The van der Waals surface area contributed by atoms with E-state index >= 15 is 0 Å². The van der Waals surface area contributed by atoms with Gasteiger partial charge in [0.05, 0.1) is 14.4 Å². The molecule has 0 saturated heterocycles. The van der Waals surface area contributed by atoms with Crippen LogP contribution in [-0.4, -0.2) is 15.1 Å². The van der Waals surface area contributed by atoms with Crippen molar-refractivity contribution in [1.82, 2.24) is 9.97 Å². The van der Waals surface area contributed by atoms with Crippen LogP contribution in [0.3, 0.4) is 0 Å². The number of aromatic amines is 1. The van der Waals surface area contributed by atoms with E-state index in [0.717, 1.165) is 8.66 Å². The van der Waals surface area contributed by atoms with Crippen molar-refractivity contribution in [3.05, 3.63) is 21.6 Å². The van der Waals surface area contributed by atoms with Gasteiger partial charge in [-0.3, -0.25) is 0 Å². The number of thiophene rings is 1. The first kappa shape index (κ1) is 8.77. The summed E-state index contributed by atoms with van der Waals surface area (Å²) >= 11 is 4.94. The van der Waals surface area contributed by atoms with Crippen LogP contribution in [0.5, 0.6) is 5.88 Å². The predicted molar refractivity (Wildman–Crippen MR) is 56.0 cm³/mol. The third-order valence-electron chi connectivity index (χ3n) is 1.67. The van der Waals surface area contributed by atoms with E-state index in [4.69, 9.17) is 0 Å². The predicted octanol–water partition coefficient (Wildman–Crippen LogP) is 2.91. The van der Waals surface area contributed by atoms with Crippen LogP contribution in [0, 0.1) is 6.92 Å². The molecule has 0 spiro atoms. The van der Waals surface area contributed by atoms with Crippen LogP contribution >= 0.6 is 27.3 Å². The molecule has 0 radical (unpaired) electrons. The minimum Gasteiger partial charge on any atom is -0.492 e. The molecular weight excluding hydrogens is 252 g/mol. The average Bonchev–Trinajstić information content (AvgIpc) is 2.61. The summed E-state index contributed by atoms with van der Waals surface area (Å²) < 4.78 is 1.05. The number of nitrogens with zero attached hydrogens (tertiary/aromatic N) is 1. The number of aryl methyl sites for hydroxylation is 1. The minimum absolute atomic E-state index is 0.0690. The van der Waals surface area contributed by atoms with E-state index in [1.54, 1.807) is 18.3 Å². The zero-order valence-corrected chi connectivity index (χ0v) is 9.24. The van der Waals surface area contributed by atoms with Crippen LogP contribution in [0.25, 0.3) is 10.7 Å². The van der Waals surface area contributed by atoms with Gasteiger partial charge in [0.25, 0.3) is 0 Å². The van der Waals surface area contributed by atoms with Gasteiger partial charge in [-0.2, -0.15) is 4.98 Å². The Morgan fingerprint density at radius 1 is 1.54 bits per heavy atom. The molecule has 2 aromatic rings. The molecule has 5 heteroatoms. The second-order valence-electron chi connectivity index (χ2n) is 2.64. The third kappa shape index (κ3) is 1.62. The molecule has 13 heavy (non-hydrogen) atoms. The van der Waals surface area contributed by atoms with E-state index in [2.05, 4.69) is 25.9 Å². The van der Waals surface area contributed by atoms with E-state index in [0.29, 0.717) is 11.5 Å². The molecule has 0 amide bonds. The van der Waals surface area contributed by atoms with Crippen LogP contribution in [0.2, 0.25) is 0 Å². The molecule has 0 atom stereocenters. The van der Waals surface area contributed by atoms with Crippen molar-refractivity contribution in [1.29, 1.82) is 0 Å². The minimum atomic E-state index is 0.0690. The lowest BCUT2D eigenvalue weighted by molar-refractivity contribution is 0.452. The molecule has 2 aromatic heterocycles. The lowest BCUT2D eigenvalue weighted by atomic mass is 10.4. The molecular formula is C8H7BrN2OS. The van der Waals surface area contributed by atoms with Gasteiger partial charge in [-0.05, 0) is 35.0 Å². The third-order valence-corrected chi connectivity index (χ3v) is 3.30. The fourth-order valence-electron chi connectivity index (χ4n) is 1.01. The lowest BCUT2D eigenvalue weighted by Crippen LogP contribution is -1.73. The molecule has 0 aliphatic carbocycles. The zero-order valence-electron chi connectivity index (χ0n) is 6.84. The van der Waals surface area contributed by atoms with Gasteiger partial charge < -0.3 is 10.1 Å². The van der Waals surface area contributed by atoms with Gasteiger partial charge in [0.15, 0.2) is 5.82 Å². The second-order valence-corrected chi connectivity index (χ2v) is 5.10. The van der Waals surface area contributed by atoms with E-state index in [1.165, 1.54) is 0 Å². The molecule has 2 heterocycles. The van der Waals surface area contributed by atoms with Gasteiger partial charge in [-0.25, -0.2) is 0 Å². The summed E-state index contributed by atoms with van der Waals surface area (Å²) in [5, 5.41) is 9.26. The van der Waals surface area contributed by atoms with Crippen molar-refractivity contribution in [3.63, 3.8) is 0 Å². The van der Waals surface area contributed by atoms with Crippen molar-refractivity contribution in [2.75, 3.05) is 0 Å². The Balaban J connectivity index is 2.46. The highest BCUT2D eigenvalue weighted by molar-refractivity contribution is 9.11. The molecule has 0 unspecified atom stereocenters.